The SMILES string of the molecule is CC(=O)Nc1ccc2nc(NC(=O)CSc3nncn3-c3ccc(C)c(C)c3)sc2c1. The summed E-state index contributed by atoms with van der Waals surface area (Å²) in [5.41, 5.74) is 4.80. The fourth-order valence-corrected chi connectivity index (χ4v) is 4.57. The Morgan fingerprint density at radius 1 is 1.10 bits per heavy atom. The van der Waals surface area contributed by atoms with E-state index in [1.54, 1.807) is 12.4 Å². The first-order valence-electron chi connectivity index (χ1n) is 9.47. The molecule has 0 unspecified atom stereocenters. The van der Waals surface area contributed by atoms with E-state index in [0.29, 0.717) is 16.0 Å². The summed E-state index contributed by atoms with van der Waals surface area (Å²) in [5.74, 6) is -0.139. The predicted octanol–water partition coefficient (Wildman–Crippen LogP) is 4.18. The fourth-order valence-electron chi connectivity index (χ4n) is 2.92. The molecule has 2 N–H and O–H groups in total. The maximum Gasteiger partial charge on any atom is 0.236 e. The van der Waals surface area contributed by atoms with Crippen LogP contribution in [0.5, 0.6) is 0 Å². The third-order valence-corrected chi connectivity index (χ3v) is 6.45. The molecular weight excluding hydrogens is 432 g/mol. The topological polar surface area (TPSA) is 102 Å². The molecule has 4 aromatic rings. The highest BCUT2D eigenvalue weighted by Crippen LogP contribution is 2.29. The van der Waals surface area contributed by atoms with Crippen LogP contribution in [0.2, 0.25) is 0 Å². The van der Waals surface area contributed by atoms with E-state index in [0.717, 1.165) is 15.9 Å². The Hall–Kier alpha value is -3.24. The van der Waals surface area contributed by atoms with Crippen LogP contribution in [-0.4, -0.2) is 37.3 Å². The van der Waals surface area contributed by atoms with Crippen molar-refractivity contribution in [3.8, 4) is 5.69 Å². The van der Waals surface area contributed by atoms with Crippen molar-refractivity contribution in [2.45, 2.75) is 25.9 Å². The number of benzene rings is 2. The number of aromatic nitrogens is 4. The smallest absolute Gasteiger partial charge is 0.236 e. The Labute approximate surface area is 187 Å². The lowest BCUT2D eigenvalue weighted by atomic mass is 10.1. The molecule has 10 heteroatoms. The lowest BCUT2D eigenvalue weighted by Crippen LogP contribution is -2.14. The number of thioether (sulfide) groups is 1. The van der Waals surface area contributed by atoms with Crippen LogP contribution in [0.4, 0.5) is 10.8 Å². The number of hydrogen-bond acceptors (Lipinski definition) is 7. The average molecular weight is 453 g/mol. The molecule has 2 aromatic carbocycles. The van der Waals surface area contributed by atoms with Gasteiger partial charge in [0.15, 0.2) is 10.3 Å². The standard InChI is InChI=1S/C21H20N6O2S2/c1-12-4-6-16(8-13(12)2)27-11-22-26-21(27)30-10-19(29)25-20-24-17-7-5-15(23-14(3)28)9-18(17)31-20/h4-9,11H,10H2,1-3H3,(H,23,28)(H,24,25,29). The highest BCUT2D eigenvalue weighted by atomic mass is 32.2. The van der Waals surface area contributed by atoms with Crippen LogP contribution in [0.15, 0.2) is 47.9 Å². The molecule has 0 fully saturated rings. The monoisotopic (exact) mass is 452 g/mol. The number of anilines is 2. The zero-order valence-corrected chi connectivity index (χ0v) is 18.8. The van der Waals surface area contributed by atoms with Gasteiger partial charge in [-0.25, -0.2) is 4.98 Å². The number of carbonyl (C=O) groups excluding carboxylic acids is 2. The number of hydrogen-bond donors (Lipinski definition) is 2. The Kier molecular flexibility index (Phi) is 6.01. The number of aryl methyl sites for hydroxylation is 2. The van der Waals surface area contributed by atoms with Crippen molar-refractivity contribution >= 4 is 55.9 Å². The van der Waals surface area contributed by atoms with Gasteiger partial charge in [-0.15, -0.1) is 10.2 Å². The zero-order chi connectivity index (χ0) is 22.0. The van der Waals surface area contributed by atoms with E-state index in [1.165, 1.54) is 41.1 Å². The molecule has 31 heavy (non-hydrogen) atoms. The second kappa shape index (κ2) is 8.86. The van der Waals surface area contributed by atoms with Crippen LogP contribution in [0.3, 0.4) is 0 Å². The van der Waals surface area contributed by atoms with Crippen molar-refractivity contribution in [1.29, 1.82) is 0 Å². The van der Waals surface area contributed by atoms with Crippen LogP contribution in [0.25, 0.3) is 15.9 Å². The van der Waals surface area contributed by atoms with Crippen molar-refractivity contribution in [3.05, 3.63) is 53.9 Å². The van der Waals surface area contributed by atoms with Gasteiger partial charge in [0.1, 0.15) is 6.33 Å². The molecule has 0 radical (unpaired) electrons. The van der Waals surface area contributed by atoms with E-state index in [4.69, 9.17) is 0 Å². The molecular formula is C21H20N6O2S2. The first kappa shape index (κ1) is 21.0. The maximum atomic E-state index is 12.5. The summed E-state index contributed by atoms with van der Waals surface area (Å²) in [6.07, 6.45) is 1.64. The molecule has 2 heterocycles. The predicted molar refractivity (Wildman–Crippen MR) is 124 cm³/mol. The van der Waals surface area contributed by atoms with E-state index in [1.807, 2.05) is 22.8 Å². The normalized spacial score (nSPS) is 10.9. The molecule has 8 nitrogen and oxygen atoms in total. The first-order chi connectivity index (χ1) is 14.9. The molecule has 0 saturated carbocycles. The fraction of sp³-hybridized carbons (Fsp3) is 0.190. The lowest BCUT2D eigenvalue weighted by molar-refractivity contribution is -0.114. The molecule has 0 atom stereocenters. The van der Waals surface area contributed by atoms with Crippen molar-refractivity contribution in [2.75, 3.05) is 16.4 Å². The second-order valence-electron chi connectivity index (χ2n) is 6.97. The molecule has 158 valence electrons. The van der Waals surface area contributed by atoms with Gasteiger partial charge in [-0.05, 0) is 55.3 Å². The molecule has 0 bridgehead atoms. The Morgan fingerprint density at radius 2 is 1.94 bits per heavy atom. The summed E-state index contributed by atoms with van der Waals surface area (Å²) in [7, 11) is 0. The molecule has 4 rings (SSSR count). The molecule has 0 saturated heterocycles. The van der Waals surface area contributed by atoms with Crippen LogP contribution in [-0.2, 0) is 9.59 Å². The number of nitrogens with zero attached hydrogens (tertiary/aromatic N) is 4. The van der Waals surface area contributed by atoms with Gasteiger partial charge < -0.3 is 10.6 Å². The molecule has 2 amide bonds. The third-order valence-electron chi connectivity index (χ3n) is 4.57. The number of thiazole rings is 1. The Balaban J connectivity index is 1.41. The van der Waals surface area contributed by atoms with Crippen molar-refractivity contribution in [1.82, 2.24) is 19.7 Å². The summed E-state index contributed by atoms with van der Waals surface area (Å²) in [5, 5.41) is 14.9. The summed E-state index contributed by atoms with van der Waals surface area (Å²) in [6, 6.07) is 11.6. The zero-order valence-electron chi connectivity index (χ0n) is 17.2. The number of fused-ring (bicyclic) bond motifs is 1. The summed E-state index contributed by atoms with van der Waals surface area (Å²) >= 11 is 2.67. The molecule has 0 aliphatic carbocycles. The van der Waals surface area contributed by atoms with Crippen molar-refractivity contribution < 1.29 is 9.59 Å². The highest BCUT2D eigenvalue weighted by Gasteiger charge is 2.13. The average Bonchev–Trinajstić information content (AvgIpc) is 3.34. The second-order valence-corrected chi connectivity index (χ2v) is 8.94. The van der Waals surface area contributed by atoms with Gasteiger partial charge in [-0.1, -0.05) is 29.2 Å². The molecule has 0 aliphatic heterocycles. The van der Waals surface area contributed by atoms with Crippen LogP contribution >= 0.6 is 23.1 Å². The summed E-state index contributed by atoms with van der Waals surface area (Å²) in [6.45, 7) is 5.58. The van der Waals surface area contributed by atoms with Crippen molar-refractivity contribution in [2.24, 2.45) is 0 Å². The van der Waals surface area contributed by atoms with Crippen LogP contribution < -0.4 is 10.6 Å². The van der Waals surface area contributed by atoms with E-state index < -0.39 is 0 Å². The minimum atomic E-state index is -0.180. The minimum absolute atomic E-state index is 0.136. The van der Waals surface area contributed by atoms with Gasteiger partial charge >= 0.3 is 0 Å². The van der Waals surface area contributed by atoms with Gasteiger partial charge in [-0.3, -0.25) is 14.2 Å². The number of rotatable bonds is 6. The van der Waals surface area contributed by atoms with Crippen LogP contribution in [0.1, 0.15) is 18.1 Å². The maximum absolute atomic E-state index is 12.5. The van der Waals surface area contributed by atoms with Gasteiger partial charge in [0.25, 0.3) is 0 Å². The van der Waals surface area contributed by atoms with E-state index in [9.17, 15) is 9.59 Å². The quantitative estimate of drug-likeness (QED) is 0.426. The Morgan fingerprint density at radius 3 is 2.71 bits per heavy atom. The van der Waals surface area contributed by atoms with Crippen LogP contribution in [0, 0.1) is 13.8 Å². The van der Waals surface area contributed by atoms with Gasteiger partial charge in [0.2, 0.25) is 11.8 Å². The van der Waals surface area contributed by atoms with Gasteiger partial charge in [0, 0.05) is 18.3 Å². The first-order valence-corrected chi connectivity index (χ1v) is 11.3. The molecule has 0 spiro atoms. The third kappa shape index (κ3) is 4.92. The van der Waals surface area contributed by atoms with E-state index >= 15 is 0 Å². The van der Waals surface area contributed by atoms with E-state index in [-0.39, 0.29) is 17.6 Å². The molecule has 2 aromatic heterocycles. The van der Waals surface area contributed by atoms with Gasteiger partial charge in [-0.2, -0.15) is 0 Å². The van der Waals surface area contributed by atoms with Crippen molar-refractivity contribution in [3.63, 3.8) is 0 Å². The van der Waals surface area contributed by atoms with Gasteiger partial charge in [0.05, 0.1) is 16.0 Å². The number of carbonyl (C=O) groups is 2. The summed E-state index contributed by atoms with van der Waals surface area (Å²) in [4.78, 5) is 28.1. The largest absolute Gasteiger partial charge is 0.326 e. The highest BCUT2D eigenvalue weighted by molar-refractivity contribution is 7.99. The minimum Gasteiger partial charge on any atom is -0.326 e. The van der Waals surface area contributed by atoms with E-state index in [2.05, 4.69) is 51.8 Å². The molecule has 0 aliphatic rings. The Bertz CT molecular complexity index is 1280. The number of amides is 2. The lowest BCUT2D eigenvalue weighted by Gasteiger charge is -2.08. The number of nitrogens with one attached hydrogen (secondary N) is 2. The summed E-state index contributed by atoms with van der Waals surface area (Å²) < 4.78 is 2.75.